The summed E-state index contributed by atoms with van der Waals surface area (Å²) in [5.41, 5.74) is 5.53. The number of nitrogens with zero attached hydrogens (tertiary/aromatic N) is 6. The molecule has 46 heavy (non-hydrogen) atoms. The van der Waals surface area contributed by atoms with E-state index in [0.29, 0.717) is 26.8 Å². The van der Waals surface area contributed by atoms with Crippen molar-refractivity contribution in [1.82, 2.24) is 24.9 Å². The van der Waals surface area contributed by atoms with Gasteiger partial charge < -0.3 is 10.6 Å². The van der Waals surface area contributed by atoms with E-state index in [9.17, 15) is 5.26 Å². The minimum atomic E-state index is -0.332. The fraction of sp³-hybridized carbons (Fsp3) is 0.333. The highest BCUT2D eigenvalue weighted by Gasteiger charge is 2.29. The predicted octanol–water partition coefficient (Wildman–Crippen LogP) is 8.81. The normalized spacial score (nSPS) is 15.8. The van der Waals surface area contributed by atoms with Crippen molar-refractivity contribution in [3.63, 3.8) is 0 Å². The Morgan fingerprint density at radius 1 is 0.957 bits per heavy atom. The summed E-state index contributed by atoms with van der Waals surface area (Å²) in [7, 11) is 0. The van der Waals surface area contributed by atoms with E-state index in [-0.39, 0.29) is 23.7 Å². The number of anilines is 2. The molecule has 6 rings (SSSR count). The Hall–Kier alpha value is -4.16. The van der Waals surface area contributed by atoms with Crippen LogP contribution in [-0.2, 0) is 0 Å². The van der Waals surface area contributed by atoms with Crippen LogP contribution in [0, 0.1) is 11.3 Å². The summed E-state index contributed by atoms with van der Waals surface area (Å²) >= 11 is 13.1. The van der Waals surface area contributed by atoms with Crippen molar-refractivity contribution in [2.75, 3.05) is 23.7 Å². The van der Waals surface area contributed by atoms with E-state index in [4.69, 9.17) is 23.2 Å². The molecule has 1 aliphatic rings. The molecule has 236 valence electrons. The topological polar surface area (TPSA) is 94.7 Å². The second-order valence-electron chi connectivity index (χ2n) is 12.9. The Kier molecular flexibility index (Phi) is 9.19. The van der Waals surface area contributed by atoms with Crippen molar-refractivity contribution in [1.29, 1.82) is 5.26 Å². The van der Waals surface area contributed by atoms with Crippen LogP contribution >= 0.6 is 23.2 Å². The van der Waals surface area contributed by atoms with E-state index in [1.54, 1.807) is 6.20 Å². The van der Waals surface area contributed by atoms with Gasteiger partial charge in [-0.2, -0.15) is 5.26 Å². The van der Waals surface area contributed by atoms with Gasteiger partial charge in [-0.05, 0) is 75.9 Å². The average molecular weight is 654 g/mol. The highest BCUT2D eigenvalue weighted by molar-refractivity contribution is 6.36. The first-order valence-electron chi connectivity index (χ1n) is 15.6. The van der Waals surface area contributed by atoms with Crippen molar-refractivity contribution >= 4 is 45.5 Å². The van der Waals surface area contributed by atoms with E-state index in [1.807, 2.05) is 59.3 Å². The van der Waals surface area contributed by atoms with Gasteiger partial charge in [0.05, 0.1) is 40.1 Å². The molecule has 1 saturated heterocycles. The summed E-state index contributed by atoms with van der Waals surface area (Å²) < 4.78 is 2.02. The number of hydrogen-bond acceptors (Lipinski definition) is 7. The number of nitrogens with one attached hydrogen (secondary N) is 2. The molecule has 3 heterocycles. The van der Waals surface area contributed by atoms with Crippen LogP contribution in [0.25, 0.3) is 10.9 Å². The number of benzene rings is 3. The second-order valence-corrected chi connectivity index (χ2v) is 13.8. The smallest absolute Gasteiger partial charge is 0.109 e. The molecule has 0 unspecified atom stereocenters. The van der Waals surface area contributed by atoms with Crippen molar-refractivity contribution in [2.24, 2.45) is 0 Å². The number of aromatic nitrogens is 4. The first-order valence-corrected chi connectivity index (χ1v) is 16.4. The van der Waals surface area contributed by atoms with Gasteiger partial charge in [-0.25, -0.2) is 4.68 Å². The minimum absolute atomic E-state index is 0.0542. The van der Waals surface area contributed by atoms with Gasteiger partial charge in [0.15, 0.2) is 0 Å². The van der Waals surface area contributed by atoms with E-state index >= 15 is 0 Å². The quantitative estimate of drug-likeness (QED) is 0.173. The Morgan fingerprint density at radius 2 is 1.67 bits per heavy atom. The Bertz CT molecular complexity index is 1850. The van der Waals surface area contributed by atoms with Crippen LogP contribution < -0.4 is 10.6 Å². The summed E-state index contributed by atoms with van der Waals surface area (Å²) in [6, 6.07) is 23.9. The van der Waals surface area contributed by atoms with Crippen molar-refractivity contribution in [2.45, 2.75) is 64.2 Å². The molecule has 1 fully saturated rings. The molecule has 0 bridgehead atoms. The van der Waals surface area contributed by atoms with Gasteiger partial charge in [0.25, 0.3) is 0 Å². The fourth-order valence-electron chi connectivity index (χ4n) is 6.18. The zero-order chi connectivity index (χ0) is 32.4. The summed E-state index contributed by atoms with van der Waals surface area (Å²) in [4.78, 5) is 7.07. The van der Waals surface area contributed by atoms with Gasteiger partial charge in [0.1, 0.15) is 11.8 Å². The lowest BCUT2D eigenvalue weighted by Gasteiger charge is -2.40. The molecule has 2 aromatic heterocycles. The first-order chi connectivity index (χ1) is 22.1. The van der Waals surface area contributed by atoms with Crippen LogP contribution in [0.1, 0.15) is 81.0 Å². The van der Waals surface area contributed by atoms with Gasteiger partial charge >= 0.3 is 0 Å². The van der Waals surface area contributed by atoms with Gasteiger partial charge in [0, 0.05) is 47.0 Å². The molecule has 0 saturated carbocycles. The van der Waals surface area contributed by atoms with Crippen molar-refractivity contribution in [3.8, 4) is 6.07 Å². The molecular weight excluding hydrogens is 615 g/mol. The number of halogens is 2. The molecule has 5 aromatic rings. The summed E-state index contributed by atoms with van der Waals surface area (Å²) in [6.07, 6.45) is 5.66. The van der Waals surface area contributed by atoms with Crippen molar-refractivity contribution in [3.05, 3.63) is 112 Å². The fourth-order valence-corrected chi connectivity index (χ4v) is 6.57. The Morgan fingerprint density at radius 3 is 2.35 bits per heavy atom. The zero-order valence-electron chi connectivity index (χ0n) is 26.5. The maximum atomic E-state index is 10.0. The van der Waals surface area contributed by atoms with Gasteiger partial charge in [0.2, 0.25) is 0 Å². The largest absolute Gasteiger partial charge is 0.377 e. The van der Waals surface area contributed by atoms with Gasteiger partial charge in [-0.1, -0.05) is 70.9 Å². The second kappa shape index (κ2) is 13.3. The Balaban J connectivity index is 1.34. The van der Waals surface area contributed by atoms with Crippen LogP contribution in [0.15, 0.2) is 79.1 Å². The molecule has 2 N–H and O–H groups in total. The molecular formula is C36H38Cl2N8. The number of pyridine rings is 1. The maximum absolute atomic E-state index is 10.0. The minimum Gasteiger partial charge on any atom is -0.377 e. The lowest BCUT2D eigenvalue weighted by atomic mass is 9.98. The van der Waals surface area contributed by atoms with E-state index < -0.39 is 0 Å². The van der Waals surface area contributed by atoms with Crippen LogP contribution in [0.2, 0.25) is 10.0 Å². The Labute approximate surface area is 280 Å². The van der Waals surface area contributed by atoms with Gasteiger partial charge in [-0.3, -0.25) is 9.88 Å². The number of piperidine rings is 1. The lowest BCUT2D eigenvalue weighted by molar-refractivity contribution is 0.0866. The number of nitriles is 1. The summed E-state index contributed by atoms with van der Waals surface area (Å²) in [5.74, 6) is 0. The SMILES string of the molecule is C[C@H](Nc1c(C#N)cnc2c(Cl)cc(N[C@@H](c3ccc(Cl)cc3)c3cn(C4CCN(C(C)(C)C)CC4)nn3)cc12)c1ccccc1. The van der Waals surface area contributed by atoms with E-state index in [0.717, 1.165) is 53.8 Å². The number of rotatable bonds is 8. The molecule has 3 aromatic carbocycles. The number of likely N-dealkylation sites (tertiary alicyclic amines) is 1. The lowest BCUT2D eigenvalue weighted by Crippen LogP contribution is -2.46. The average Bonchev–Trinajstić information content (AvgIpc) is 3.55. The highest BCUT2D eigenvalue weighted by Crippen LogP contribution is 2.37. The predicted molar refractivity (Wildman–Crippen MR) is 186 cm³/mol. The third-order valence-corrected chi connectivity index (χ3v) is 9.37. The van der Waals surface area contributed by atoms with Crippen molar-refractivity contribution < 1.29 is 0 Å². The number of hydrogen-bond donors (Lipinski definition) is 2. The molecule has 0 amide bonds. The highest BCUT2D eigenvalue weighted by atomic mass is 35.5. The monoisotopic (exact) mass is 652 g/mol. The third-order valence-electron chi connectivity index (χ3n) is 8.83. The molecule has 0 aliphatic carbocycles. The molecule has 0 spiro atoms. The first kappa shape index (κ1) is 31.8. The van der Waals surface area contributed by atoms with Crippen LogP contribution in [0.4, 0.5) is 11.4 Å². The summed E-state index contributed by atoms with van der Waals surface area (Å²) in [5, 5.41) is 28.4. The standard InChI is InChI=1S/C36H38Cl2N8/c1-23(24-8-6-5-7-9-24)41-33-26(20-39)21-40-35-30(33)18-28(19-31(35)38)42-34(25-10-12-27(37)13-11-25)32-22-46(44-43-32)29-14-16-45(17-15-29)36(2,3)4/h5-13,18-19,21-23,29,34,42H,14-17H2,1-4H3,(H,40,41)/t23-,34-/m0/s1. The molecule has 8 nitrogen and oxygen atoms in total. The molecule has 0 radical (unpaired) electrons. The zero-order valence-corrected chi connectivity index (χ0v) is 28.0. The van der Waals surface area contributed by atoms with E-state index in [1.165, 1.54) is 0 Å². The van der Waals surface area contributed by atoms with Crippen LogP contribution in [0.3, 0.4) is 0 Å². The molecule has 1 aliphatic heterocycles. The van der Waals surface area contributed by atoms with E-state index in [2.05, 4.69) is 82.9 Å². The number of fused-ring (bicyclic) bond motifs is 1. The molecule has 10 heteroatoms. The summed E-state index contributed by atoms with van der Waals surface area (Å²) in [6.45, 7) is 10.9. The third kappa shape index (κ3) is 6.82. The molecule has 2 atom stereocenters. The maximum Gasteiger partial charge on any atom is 0.109 e. The van der Waals surface area contributed by atoms with Gasteiger partial charge in [-0.15, -0.1) is 5.10 Å². The van der Waals surface area contributed by atoms with Crippen LogP contribution in [0.5, 0.6) is 0 Å². The van der Waals surface area contributed by atoms with Crippen LogP contribution in [-0.4, -0.2) is 43.5 Å².